The van der Waals surface area contributed by atoms with E-state index in [2.05, 4.69) is 5.32 Å². The molecule has 1 N–H and O–H groups in total. The molecule has 0 saturated heterocycles. The predicted octanol–water partition coefficient (Wildman–Crippen LogP) is 3.86. The molecule has 23 heavy (non-hydrogen) atoms. The van der Waals surface area contributed by atoms with E-state index in [4.69, 9.17) is 4.74 Å². The zero-order valence-corrected chi connectivity index (χ0v) is 12.7. The van der Waals surface area contributed by atoms with Crippen LogP contribution in [0, 0.1) is 11.6 Å². The van der Waals surface area contributed by atoms with Crippen LogP contribution >= 0.6 is 0 Å². The first-order valence-electron chi connectivity index (χ1n) is 7.57. The lowest BCUT2D eigenvalue weighted by molar-refractivity contribution is -0.122. The summed E-state index contributed by atoms with van der Waals surface area (Å²) >= 11 is 0. The summed E-state index contributed by atoms with van der Waals surface area (Å²) in [5, 5.41) is 2.76. The summed E-state index contributed by atoms with van der Waals surface area (Å²) in [6.07, 6.45) is 2.33. The van der Waals surface area contributed by atoms with Gasteiger partial charge in [-0.25, -0.2) is 8.78 Å². The number of anilines is 1. The van der Waals surface area contributed by atoms with E-state index in [9.17, 15) is 13.6 Å². The molecule has 2 aromatic carbocycles. The van der Waals surface area contributed by atoms with Crippen LogP contribution in [0.1, 0.15) is 24.5 Å². The molecule has 0 spiro atoms. The lowest BCUT2D eigenvalue weighted by Gasteiger charge is -2.15. The number of ether oxygens (including phenoxy) is 1. The summed E-state index contributed by atoms with van der Waals surface area (Å²) in [5.41, 5.74) is 3.27. The SMILES string of the molecule is C[C@H](Oc1ccc(F)cc1F)C(=O)Nc1ccc2c(c1)CCC2. The molecule has 0 bridgehead atoms. The minimum absolute atomic E-state index is 0.150. The van der Waals surface area contributed by atoms with Gasteiger partial charge in [-0.2, -0.15) is 0 Å². The Balaban J connectivity index is 1.65. The van der Waals surface area contributed by atoms with E-state index in [1.54, 1.807) is 0 Å². The van der Waals surface area contributed by atoms with E-state index in [0.29, 0.717) is 5.69 Å². The number of fused-ring (bicyclic) bond motifs is 1. The Morgan fingerprint density at radius 1 is 1.13 bits per heavy atom. The van der Waals surface area contributed by atoms with Gasteiger partial charge in [0.1, 0.15) is 5.82 Å². The quantitative estimate of drug-likeness (QED) is 0.930. The van der Waals surface area contributed by atoms with Gasteiger partial charge in [0.05, 0.1) is 0 Å². The van der Waals surface area contributed by atoms with E-state index in [1.807, 2.05) is 18.2 Å². The van der Waals surface area contributed by atoms with Crippen molar-refractivity contribution in [1.82, 2.24) is 0 Å². The molecule has 1 atom stereocenters. The molecule has 0 saturated carbocycles. The monoisotopic (exact) mass is 317 g/mol. The largest absolute Gasteiger partial charge is 0.478 e. The van der Waals surface area contributed by atoms with Crippen molar-refractivity contribution in [2.45, 2.75) is 32.3 Å². The topological polar surface area (TPSA) is 38.3 Å². The van der Waals surface area contributed by atoms with Crippen LogP contribution in [0.2, 0.25) is 0 Å². The van der Waals surface area contributed by atoms with Crippen LogP contribution in [-0.2, 0) is 17.6 Å². The van der Waals surface area contributed by atoms with Gasteiger partial charge < -0.3 is 10.1 Å². The first kappa shape index (κ1) is 15.5. The summed E-state index contributed by atoms with van der Waals surface area (Å²) in [6, 6.07) is 8.82. The molecule has 0 fully saturated rings. The fraction of sp³-hybridized carbons (Fsp3) is 0.278. The minimum atomic E-state index is -0.900. The van der Waals surface area contributed by atoms with Crippen molar-refractivity contribution < 1.29 is 18.3 Å². The van der Waals surface area contributed by atoms with Crippen LogP contribution in [0.5, 0.6) is 5.75 Å². The number of carbonyl (C=O) groups is 1. The predicted molar refractivity (Wildman–Crippen MR) is 83.5 cm³/mol. The van der Waals surface area contributed by atoms with Gasteiger partial charge in [0.15, 0.2) is 17.7 Å². The minimum Gasteiger partial charge on any atom is -0.478 e. The summed E-state index contributed by atoms with van der Waals surface area (Å²) < 4.78 is 31.7. The molecule has 0 aliphatic heterocycles. The maximum Gasteiger partial charge on any atom is 0.265 e. The van der Waals surface area contributed by atoms with Gasteiger partial charge in [0, 0.05) is 11.8 Å². The fourth-order valence-corrected chi connectivity index (χ4v) is 2.71. The molecule has 3 nitrogen and oxygen atoms in total. The molecule has 1 aliphatic rings. The van der Waals surface area contributed by atoms with Crippen molar-refractivity contribution in [3.8, 4) is 5.75 Å². The summed E-state index contributed by atoms with van der Waals surface area (Å²) in [6.45, 7) is 1.52. The van der Waals surface area contributed by atoms with Gasteiger partial charge in [-0.3, -0.25) is 4.79 Å². The number of amides is 1. The average Bonchev–Trinajstić information content (AvgIpc) is 2.97. The summed E-state index contributed by atoms with van der Waals surface area (Å²) in [5.74, 6) is -2.05. The van der Waals surface area contributed by atoms with Crippen LogP contribution in [0.4, 0.5) is 14.5 Å². The molecule has 5 heteroatoms. The highest BCUT2D eigenvalue weighted by molar-refractivity contribution is 5.94. The molecular weight excluding hydrogens is 300 g/mol. The van der Waals surface area contributed by atoms with Crippen molar-refractivity contribution in [2.24, 2.45) is 0 Å². The molecule has 0 aromatic heterocycles. The van der Waals surface area contributed by atoms with Gasteiger partial charge >= 0.3 is 0 Å². The Labute approximate surface area is 133 Å². The van der Waals surface area contributed by atoms with Crippen molar-refractivity contribution in [2.75, 3.05) is 5.32 Å². The second kappa shape index (κ2) is 6.36. The van der Waals surface area contributed by atoms with E-state index in [1.165, 1.54) is 24.1 Å². The highest BCUT2D eigenvalue weighted by atomic mass is 19.1. The molecule has 120 valence electrons. The Morgan fingerprint density at radius 2 is 1.91 bits per heavy atom. The van der Waals surface area contributed by atoms with Crippen molar-refractivity contribution in [3.63, 3.8) is 0 Å². The standard InChI is InChI=1S/C18H17F2NO2/c1-11(23-17-8-6-14(19)10-16(17)20)18(22)21-15-7-5-12-3-2-4-13(12)9-15/h5-11H,2-4H2,1H3,(H,21,22)/t11-/m0/s1. The Bertz CT molecular complexity index is 746. The van der Waals surface area contributed by atoms with Crippen LogP contribution in [0.3, 0.4) is 0 Å². The lowest BCUT2D eigenvalue weighted by Crippen LogP contribution is -2.30. The van der Waals surface area contributed by atoms with E-state index in [-0.39, 0.29) is 11.7 Å². The molecule has 0 heterocycles. The molecule has 0 radical (unpaired) electrons. The fourth-order valence-electron chi connectivity index (χ4n) is 2.71. The second-order valence-corrected chi connectivity index (χ2v) is 5.66. The highest BCUT2D eigenvalue weighted by Crippen LogP contribution is 2.25. The lowest BCUT2D eigenvalue weighted by atomic mass is 10.1. The normalized spacial score (nSPS) is 14.2. The highest BCUT2D eigenvalue weighted by Gasteiger charge is 2.18. The summed E-state index contributed by atoms with van der Waals surface area (Å²) in [7, 11) is 0. The van der Waals surface area contributed by atoms with Crippen LogP contribution in [0.25, 0.3) is 0 Å². The Kier molecular flexibility index (Phi) is 4.28. The zero-order valence-electron chi connectivity index (χ0n) is 12.7. The van der Waals surface area contributed by atoms with Crippen LogP contribution < -0.4 is 10.1 Å². The second-order valence-electron chi connectivity index (χ2n) is 5.66. The van der Waals surface area contributed by atoms with E-state index in [0.717, 1.165) is 31.4 Å². The Hall–Kier alpha value is -2.43. The zero-order chi connectivity index (χ0) is 16.4. The van der Waals surface area contributed by atoms with Crippen LogP contribution in [0.15, 0.2) is 36.4 Å². The van der Waals surface area contributed by atoms with Gasteiger partial charge in [0.2, 0.25) is 0 Å². The number of halogens is 2. The number of nitrogens with one attached hydrogen (secondary N) is 1. The molecule has 2 aromatic rings. The van der Waals surface area contributed by atoms with Gasteiger partial charge in [0.25, 0.3) is 5.91 Å². The van der Waals surface area contributed by atoms with E-state index < -0.39 is 17.7 Å². The third kappa shape index (κ3) is 3.50. The van der Waals surface area contributed by atoms with Gasteiger partial charge in [-0.05, 0) is 61.6 Å². The maximum atomic E-state index is 13.6. The smallest absolute Gasteiger partial charge is 0.265 e. The van der Waals surface area contributed by atoms with Gasteiger partial charge in [-0.15, -0.1) is 0 Å². The van der Waals surface area contributed by atoms with Crippen molar-refractivity contribution in [1.29, 1.82) is 0 Å². The number of benzene rings is 2. The number of carbonyl (C=O) groups excluding carboxylic acids is 1. The number of hydrogen-bond donors (Lipinski definition) is 1. The third-order valence-corrected chi connectivity index (χ3v) is 3.93. The third-order valence-electron chi connectivity index (χ3n) is 3.93. The maximum absolute atomic E-state index is 13.6. The van der Waals surface area contributed by atoms with Gasteiger partial charge in [-0.1, -0.05) is 6.07 Å². The first-order chi connectivity index (χ1) is 11.0. The van der Waals surface area contributed by atoms with E-state index >= 15 is 0 Å². The molecule has 1 aliphatic carbocycles. The first-order valence-corrected chi connectivity index (χ1v) is 7.57. The van der Waals surface area contributed by atoms with Crippen LogP contribution in [-0.4, -0.2) is 12.0 Å². The molecule has 0 unspecified atom stereocenters. The average molecular weight is 317 g/mol. The number of hydrogen-bond acceptors (Lipinski definition) is 2. The molecule has 1 amide bonds. The molecular formula is C18H17F2NO2. The Morgan fingerprint density at radius 3 is 2.70 bits per heavy atom. The molecule has 3 rings (SSSR count). The van der Waals surface area contributed by atoms with Crippen molar-refractivity contribution in [3.05, 3.63) is 59.2 Å². The number of rotatable bonds is 4. The number of aryl methyl sites for hydroxylation is 2. The summed E-state index contributed by atoms with van der Waals surface area (Å²) in [4.78, 5) is 12.2. The van der Waals surface area contributed by atoms with Crippen molar-refractivity contribution >= 4 is 11.6 Å².